The fraction of sp³-hybridized carbons (Fsp3) is 0.875. The largest absolute Gasteiger partial charge is 0.348 e. The maximum absolute atomic E-state index is 11.8. The molecule has 1 N–H and O–H groups in total. The standard InChI is InChI=1S/C8H13F2NO/c1-5(6-3-2-4-6)11-8(12)7(9)10/h5-7H,2-4H2,1H3,(H,11,12)/t5-/m1/s1. The number of hydrogen-bond donors (Lipinski definition) is 1. The topological polar surface area (TPSA) is 29.1 Å². The van der Waals surface area contributed by atoms with Gasteiger partial charge in [-0.2, -0.15) is 8.78 Å². The maximum Gasteiger partial charge on any atom is 0.315 e. The number of carbonyl (C=O) groups is 1. The average molecular weight is 177 g/mol. The molecule has 1 amide bonds. The van der Waals surface area contributed by atoms with E-state index in [1.165, 1.54) is 0 Å². The molecular weight excluding hydrogens is 164 g/mol. The Morgan fingerprint density at radius 1 is 1.50 bits per heavy atom. The van der Waals surface area contributed by atoms with Gasteiger partial charge in [-0.05, 0) is 25.7 Å². The monoisotopic (exact) mass is 177 g/mol. The molecule has 12 heavy (non-hydrogen) atoms. The molecule has 1 aliphatic rings. The van der Waals surface area contributed by atoms with Gasteiger partial charge in [0.15, 0.2) is 0 Å². The number of alkyl halides is 2. The molecule has 0 bridgehead atoms. The number of rotatable bonds is 3. The highest BCUT2D eigenvalue weighted by Gasteiger charge is 2.27. The summed E-state index contributed by atoms with van der Waals surface area (Å²) in [6.07, 6.45) is 0.363. The van der Waals surface area contributed by atoms with E-state index < -0.39 is 12.3 Å². The van der Waals surface area contributed by atoms with Crippen LogP contribution in [0.5, 0.6) is 0 Å². The van der Waals surface area contributed by atoms with E-state index in [1.54, 1.807) is 6.92 Å². The summed E-state index contributed by atoms with van der Waals surface area (Å²) in [5, 5.41) is 2.29. The molecule has 0 radical (unpaired) electrons. The van der Waals surface area contributed by atoms with Crippen molar-refractivity contribution >= 4 is 5.91 Å². The lowest BCUT2D eigenvalue weighted by Crippen LogP contribution is -2.43. The van der Waals surface area contributed by atoms with Crippen molar-refractivity contribution in [2.75, 3.05) is 0 Å². The lowest BCUT2D eigenvalue weighted by molar-refractivity contribution is -0.132. The molecule has 70 valence electrons. The summed E-state index contributed by atoms with van der Waals surface area (Å²) < 4.78 is 23.5. The summed E-state index contributed by atoms with van der Waals surface area (Å²) >= 11 is 0. The zero-order valence-electron chi connectivity index (χ0n) is 7.02. The summed E-state index contributed by atoms with van der Waals surface area (Å²) in [6, 6.07) is -0.0970. The minimum Gasteiger partial charge on any atom is -0.348 e. The van der Waals surface area contributed by atoms with E-state index in [0.717, 1.165) is 19.3 Å². The van der Waals surface area contributed by atoms with Gasteiger partial charge in [-0.15, -0.1) is 0 Å². The van der Waals surface area contributed by atoms with Crippen molar-refractivity contribution in [3.05, 3.63) is 0 Å². The first kappa shape index (κ1) is 9.42. The molecule has 0 saturated heterocycles. The first-order valence-corrected chi connectivity index (χ1v) is 4.20. The Hall–Kier alpha value is -0.670. The quantitative estimate of drug-likeness (QED) is 0.696. The van der Waals surface area contributed by atoms with Gasteiger partial charge in [-0.1, -0.05) is 6.42 Å². The minimum atomic E-state index is -2.88. The van der Waals surface area contributed by atoms with Gasteiger partial charge in [0.25, 0.3) is 5.91 Å². The van der Waals surface area contributed by atoms with Crippen molar-refractivity contribution in [1.29, 1.82) is 0 Å². The highest BCUT2D eigenvalue weighted by Crippen LogP contribution is 2.29. The fourth-order valence-electron chi connectivity index (χ4n) is 1.35. The minimum absolute atomic E-state index is 0.0970. The van der Waals surface area contributed by atoms with E-state index in [-0.39, 0.29) is 6.04 Å². The van der Waals surface area contributed by atoms with Gasteiger partial charge in [0.05, 0.1) is 0 Å². The molecule has 4 heteroatoms. The van der Waals surface area contributed by atoms with Crippen molar-refractivity contribution in [2.24, 2.45) is 5.92 Å². The molecule has 0 unspecified atom stereocenters. The van der Waals surface area contributed by atoms with Crippen LogP contribution in [0.15, 0.2) is 0 Å². The van der Waals surface area contributed by atoms with Gasteiger partial charge in [-0.3, -0.25) is 4.79 Å². The lowest BCUT2D eigenvalue weighted by atomic mass is 9.80. The molecule has 0 aromatic rings. The van der Waals surface area contributed by atoms with Crippen LogP contribution >= 0.6 is 0 Å². The first-order valence-electron chi connectivity index (χ1n) is 4.20. The number of amides is 1. The summed E-state index contributed by atoms with van der Waals surface area (Å²) in [6.45, 7) is 1.78. The molecule has 0 spiro atoms. The van der Waals surface area contributed by atoms with E-state index in [9.17, 15) is 13.6 Å². The third kappa shape index (κ3) is 2.16. The first-order chi connectivity index (χ1) is 5.61. The lowest BCUT2D eigenvalue weighted by Gasteiger charge is -2.31. The molecule has 1 saturated carbocycles. The van der Waals surface area contributed by atoms with E-state index in [1.807, 2.05) is 0 Å². The van der Waals surface area contributed by atoms with Crippen LogP contribution < -0.4 is 5.32 Å². The summed E-state index contributed by atoms with van der Waals surface area (Å²) in [5.74, 6) is -0.734. The van der Waals surface area contributed by atoms with Crippen LogP contribution in [0, 0.1) is 5.92 Å². The van der Waals surface area contributed by atoms with Crippen molar-refractivity contribution < 1.29 is 13.6 Å². The van der Waals surface area contributed by atoms with Crippen LogP contribution in [-0.4, -0.2) is 18.4 Å². The Labute approximate surface area is 70.3 Å². The van der Waals surface area contributed by atoms with Crippen LogP contribution in [0.25, 0.3) is 0 Å². The van der Waals surface area contributed by atoms with Crippen molar-refractivity contribution in [2.45, 2.75) is 38.7 Å². The average Bonchev–Trinajstić information content (AvgIpc) is 1.82. The Kier molecular flexibility index (Phi) is 3.00. The van der Waals surface area contributed by atoms with E-state index in [4.69, 9.17) is 0 Å². The van der Waals surface area contributed by atoms with E-state index in [2.05, 4.69) is 5.32 Å². The highest BCUT2D eigenvalue weighted by molar-refractivity contribution is 5.79. The zero-order valence-corrected chi connectivity index (χ0v) is 7.02. The van der Waals surface area contributed by atoms with Crippen LogP contribution in [0.2, 0.25) is 0 Å². The summed E-state index contributed by atoms with van der Waals surface area (Å²) in [4.78, 5) is 10.5. The van der Waals surface area contributed by atoms with Crippen molar-refractivity contribution in [3.8, 4) is 0 Å². The smallest absolute Gasteiger partial charge is 0.315 e. The second-order valence-electron chi connectivity index (χ2n) is 3.29. The maximum atomic E-state index is 11.8. The van der Waals surface area contributed by atoms with Gasteiger partial charge >= 0.3 is 6.43 Å². The number of nitrogens with one attached hydrogen (secondary N) is 1. The molecular formula is C8H13F2NO. The molecule has 1 aliphatic carbocycles. The second kappa shape index (κ2) is 3.83. The molecule has 0 aromatic heterocycles. The van der Waals surface area contributed by atoms with E-state index in [0.29, 0.717) is 5.92 Å². The van der Waals surface area contributed by atoms with Crippen LogP contribution in [0.4, 0.5) is 8.78 Å². The molecule has 1 fully saturated rings. The zero-order chi connectivity index (χ0) is 9.14. The fourth-order valence-corrected chi connectivity index (χ4v) is 1.35. The molecule has 0 aromatic carbocycles. The van der Waals surface area contributed by atoms with Crippen molar-refractivity contribution in [3.63, 3.8) is 0 Å². The Bertz CT molecular complexity index is 168. The predicted molar refractivity (Wildman–Crippen MR) is 40.9 cm³/mol. The van der Waals surface area contributed by atoms with Gasteiger partial charge in [0.2, 0.25) is 0 Å². The van der Waals surface area contributed by atoms with Gasteiger partial charge in [0.1, 0.15) is 0 Å². The second-order valence-corrected chi connectivity index (χ2v) is 3.29. The van der Waals surface area contributed by atoms with Crippen LogP contribution in [0.3, 0.4) is 0 Å². The van der Waals surface area contributed by atoms with Crippen molar-refractivity contribution in [1.82, 2.24) is 5.32 Å². The molecule has 0 heterocycles. The van der Waals surface area contributed by atoms with Gasteiger partial charge in [0, 0.05) is 6.04 Å². The third-order valence-electron chi connectivity index (χ3n) is 2.43. The molecule has 1 atom stereocenters. The summed E-state index contributed by atoms with van der Waals surface area (Å²) in [5.41, 5.74) is 0. The molecule has 2 nitrogen and oxygen atoms in total. The number of carbonyl (C=O) groups excluding carboxylic acids is 1. The number of halogens is 2. The van der Waals surface area contributed by atoms with Crippen LogP contribution in [-0.2, 0) is 4.79 Å². The number of hydrogen-bond acceptors (Lipinski definition) is 1. The Morgan fingerprint density at radius 3 is 2.42 bits per heavy atom. The summed E-state index contributed by atoms with van der Waals surface area (Å²) in [7, 11) is 0. The molecule has 0 aliphatic heterocycles. The predicted octanol–water partition coefficient (Wildman–Crippen LogP) is 1.56. The van der Waals surface area contributed by atoms with Crippen LogP contribution in [0.1, 0.15) is 26.2 Å². The Morgan fingerprint density at radius 2 is 2.08 bits per heavy atom. The van der Waals surface area contributed by atoms with Gasteiger partial charge in [-0.25, -0.2) is 0 Å². The van der Waals surface area contributed by atoms with E-state index >= 15 is 0 Å². The SMILES string of the molecule is C[C@@H](NC(=O)C(F)F)C1CCC1. The van der Waals surface area contributed by atoms with Gasteiger partial charge < -0.3 is 5.32 Å². The third-order valence-corrected chi connectivity index (χ3v) is 2.43. The highest BCUT2D eigenvalue weighted by atomic mass is 19.3. The Balaban J connectivity index is 2.24. The molecule has 1 rings (SSSR count). The normalized spacial score (nSPS) is 20.3.